The van der Waals surface area contributed by atoms with E-state index >= 15 is 0 Å². The van der Waals surface area contributed by atoms with Gasteiger partial charge in [-0.15, -0.1) is 0 Å². The SMILES string of the molecule is CCCCCCC1(C2(C(=O)O)OO2)OO1. The molecule has 2 fully saturated rings. The van der Waals surface area contributed by atoms with Crippen LogP contribution in [-0.4, -0.2) is 22.7 Å². The van der Waals surface area contributed by atoms with Crippen LogP contribution in [0.15, 0.2) is 0 Å². The molecule has 0 bridgehead atoms. The van der Waals surface area contributed by atoms with E-state index < -0.39 is 17.5 Å². The van der Waals surface area contributed by atoms with Gasteiger partial charge in [-0.1, -0.05) is 26.2 Å². The third kappa shape index (κ3) is 1.74. The van der Waals surface area contributed by atoms with Gasteiger partial charge in [0.05, 0.1) is 0 Å². The van der Waals surface area contributed by atoms with Crippen molar-refractivity contribution in [1.29, 1.82) is 0 Å². The van der Waals surface area contributed by atoms with E-state index in [0.29, 0.717) is 6.42 Å². The van der Waals surface area contributed by atoms with E-state index in [1.165, 1.54) is 0 Å². The smallest absolute Gasteiger partial charge is 0.386 e. The zero-order chi connectivity index (χ0) is 10.9. The second-order valence-corrected chi connectivity index (χ2v) is 3.82. The van der Waals surface area contributed by atoms with E-state index in [1.807, 2.05) is 0 Å². The lowest BCUT2D eigenvalue weighted by molar-refractivity contribution is -0.148. The summed E-state index contributed by atoms with van der Waals surface area (Å²) in [5.41, 5.74) is 0. The minimum Gasteiger partial charge on any atom is -0.477 e. The molecule has 2 heterocycles. The zero-order valence-corrected chi connectivity index (χ0v) is 8.52. The summed E-state index contributed by atoms with van der Waals surface area (Å²) in [4.78, 5) is 29.3. The number of carboxylic acids is 1. The van der Waals surface area contributed by atoms with E-state index in [4.69, 9.17) is 14.9 Å². The number of hydrogen-bond acceptors (Lipinski definition) is 5. The maximum Gasteiger partial charge on any atom is 0.386 e. The fourth-order valence-corrected chi connectivity index (χ4v) is 1.60. The average molecular weight is 218 g/mol. The summed E-state index contributed by atoms with van der Waals surface area (Å²) >= 11 is 0. The Hall–Kier alpha value is -0.690. The highest BCUT2D eigenvalue weighted by atomic mass is 17.5. The fraction of sp³-hybridized carbons (Fsp3) is 0.889. The summed E-state index contributed by atoms with van der Waals surface area (Å²) in [5.74, 6) is -4.15. The van der Waals surface area contributed by atoms with Crippen molar-refractivity contribution in [2.24, 2.45) is 0 Å². The molecule has 0 aromatic rings. The van der Waals surface area contributed by atoms with E-state index in [-0.39, 0.29) is 0 Å². The van der Waals surface area contributed by atoms with Gasteiger partial charge < -0.3 is 5.11 Å². The average Bonchev–Trinajstić information content (AvgIpc) is 3.03. The van der Waals surface area contributed by atoms with Crippen LogP contribution in [0.5, 0.6) is 0 Å². The summed E-state index contributed by atoms with van der Waals surface area (Å²) in [6.45, 7) is 2.10. The maximum absolute atomic E-state index is 10.8. The molecular weight excluding hydrogens is 204 g/mol. The maximum atomic E-state index is 10.8. The van der Waals surface area contributed by atoms with E-state index in [0.717, 1.165) is 25.7 Å². The van der Waals surface area contributed by atoms with Gasteiger partial charge in [0.2, 0.25) is 0 Å². The van der Waals surface area contributed by atoms with Crippen molar-refractivity contribution in [2.45, 2.75) is 50.6 Å². The highest BCUT2D eigenvalue weighted by molar-refractivity contribution is 5.78. The van der Waals surface area contributed by atoms with Gasteiger partial charge >= 0.3 is 17.5 Å². The van der Waals surface area contributed by atoms with Crippen LogP contribution >= 0.6 is 0 Å². The third-order valence-corrected chi connectivity index (χ3v) is 2.68. The Labute approximate surface area is 86.9 Å². The highest BCUT2D eigenvalue weighted by Crippen LogP contribution is 2.54. The van der Waals surface area contributed by atoms with Crippen molar-refractivity contribution in [3.05, 3.63) is 0 Å². The van der Waals surface area contributed by atoms with Gasteiger partial charge in [0.15, 0.2) is 0 Å². The Balaban J connectivity index is 1.83. The molecule has 0 amide bonds. The van der Waals surface area contributed by atoms with Crippen LogP contribution in [0, 0.1) is 0 Å². The molecule has 0 aliphatic carbocycles. The van der Waals surface area contributed by atoms with Crippen LogP contribution in [0.3, 0.4) is 0 Å². The summed E-state index contributed by atoms with van der Waals surface area (Å²) in [6, 6.07) is 0. The summed E-state index contributed by atoms with van der Waals surface area (Å²) in [5, 5.41) is 8.87. The van der Waals surface area contributed by atoms with Crippen molar-refractivity contribution in [1.82, 2.24) is 0 Å². The topological polar surface area (TPSA) is 87.4 Å². The van der Waals surface area contributed by atoms with Crippen molar-refractivity contribution >= 4 is 5.97 Å². The molecule has 6 nitrogen and oxygen atoms in total. The van der Waals surface area contributed by atoms with Crippen LogP contribution in [0.1, 0.15) is 39.0 Å². The highest BCUT2D eigenvalue weighted by Gasteiger charge is 2.82. The molecule has 2 saturated heterocycles. The van der Waals surface area contributed by atoms with Gasteiger partial charge in [-0.2, -0.15) is 19.6 Å². The van der Waals surface area contributed by atoms with Gasteiger partial charge in [0.1, 0.15) is 0 Å². The lowest BCUT2D eigenvalue weighted by Gasteiger charge is -2.07. The van der Waals surface area contributed by atoms with Crippen molar-refractivity contribution < 1.29 is 29.5 Å². The number of carbonyl (C=O) groups is 1. The molecule has 0 aromatic heterocycles. The third-order valence-electron chi connectivity index (χ3n) is 2.68. The minimum absolute atomic E-state index is 0.472. The second-order valence-electron chi connectivity index (χ2n) is 3.82. The molecule has 0 spiro atoms. The molecule has 2 aliphatic rings. The number of aliphatic carboxylic acids is 1. The van der Waals surface area contributed by atoms with Crippen molar-refractivity contribution in [2.75, 3.05) is 0 Å². The minimum atomic E-state index is -1.72. The normalized spacial score (nSPS) is 24.9. The Morgan fingerprint density at radius 1 is 1.13 bits per heavy atom. The second kappa shape index (κ2) is 3.71. The molecule has 0 radical (unpaired) electrons. The Bertz CT molecular complexity index is 255. The molecule has 2 rings (SSSR count). The Morgan fingerprint density at radius 2 is 1.80 bits per heavy atom. The molecule has 2 aliphatic heterocycles. The summed E-state index contributed by atoms with van der Waals surface area (Å²) in [7, 11) is 0. The number of carboxylic acid groups (broad SMARTS) is 1. The quantitative estimate of drug-likeness (QED) is 0.394. The van der Waals surface area contributed by atoms with Gasteiger partial charge in [-0.3, -0.25) is 0 Å². The lowest BCUT2D eigenvalue weighted by atomic mass is 10.0. The van der Waals surface area contributed by atoms with Crippen LogP contribution in [0.4, 0.5) is 0 Å². The molecule has 0 atom stereocenters. The molecule has 6 heteroatoms. The van der Waals surface area contributed by atoms with Crippen LogP contribution < -0.4 is 0 Å². The van der Waals surface area contributed by atoms with Crippen molar-refractivity contribution in [3.8, 4) is 0 Å². The van der Waals surface area contributed by atoms with E-state index in [2.05, 4.69) is 16.7 Å². The Kier molecular flexibility index (Phi) is 2.68. The molecule has 15 heavy (non-hydrogen) atoms. The first-order valence-electron chi connectivity index (χ1n) is 5.14. The molecule has 0 aromatic carbocycles. The van der Waals surface area contributed by atoms with E-state index in [1.54, 1.807) is 0 Å². The molecular formula is C9H14O6. The molecule has 1 N–H and O–H groups in total. The first-order valence-corrected chi connectivity index (χ1v) is 5.14. The lowest BCUT2D eigenvalue weighted by Crippen LogP contribution is -2.40. The van der Waals surface area contributed by atoms with Crippen LogP contribution in [-0.2, 0) is 24.3 Å². The molecule has 0 unspecified atom stereocenters. The number of unbranched alkanes of at least 4 members (excludes halogenated alkanes) is 3. The standard InChI is InChI=1S/C9H14O6/c1-2-3-4-5-6-8(12-13-8)9(7(10)11)14-15-9/h2-6H2,1H3,(H,10,11). The number of hydrogen-bond donors (Lipinski definition) is 1. The van der Waals surface area contributed by atoms with Gasteiger partial charge in [-0.05, 0) is 6.42 Å². The largest absolute Gasteiger partial charge is 0.477 e. The fourth-order valence-electron chi connectivity index (χ4n) is 1.60. The first kappa shape index (κ1) is 10.8. The van der Waals surface area contributed by atoms with E-state index in [9.17, 15) is 4.79 Å². The Morgan fingerprint density at radius 3 is 2.20 bits per heavy atom. The predicted molar refractivity (Wildman–Crippen MR) is 46.2 cm³/mol. The van der Waals surface area contributed by atoms with Gasteiger partial charge in [0.25, 0.3) is 0 Å². The summed E-state index contributed by atoms with van der Waals surface area (Å²) < 4.78 is 0. The summed E-state index contributed by atoms with van der Waals surface area (Å²) in [6.07, 6.45) is 4.54. The van der Waals surface area contributed by atoms with Crippen molar-refractivity contribution in [3.63, 3.8) is 0 Å². The van der Waals surface area contributed by atoms with Crippen LogP contribution in [0.2, 0.25) is 0 Å². The van der Waals surface area contributed by atoms with Crippen LogP contribution in [0.25, 0.3) is 0 Å². The number of rotatable bonds is 7. The molecule has 0 saturated carbocycles. The molecule has 86 valence electrons. The van der Waals surface area contributed by atoms with Gasteiger partial charge in [0, 0.05) is 6.42 Å². The zero-order valence-electron chi connectivity index (χ0n) is 8.52. The first-order chi connectivity index (χ1) is 7.17. The van der Waals surface area contributed by atoms with Gasteiger partial charge in [-0.25, -0.2) is 4.79 Å². The monoisotopic (exact) mass is 218 g/mol. The predicted octanol–water partition coefficient (Wildman–Crippen LogP) is 1.36.